The molecule has 2 atom stereocenters. The topological polar surface area (TPSA) is 81.2 Å². The lowest BCUT2D eigenvalue weighted by Gasteiger charge is -2.35. The Labute approximate surface area is 246 Å². The van der Waals surface area contributed by atoms with Crippen LogP contribution in [0.25, 0.3) is 17.0 Å². The van der Waals surface area contributed by atoms with Crippen molar-refractivity contribution in [3.63, 3.8) is 0 Å². The summed E-state index contributed by atoms with van der Waals surface area (Å²) in [6, 6.07) is 7.36. The van der Waals surface area contributed by atoms with E-state index in [0.717, 1.165) is 40.9 Å². The summed E-state index contributed by atoms with van der Waals surface area (Å²) in [4.78, 5) is 33.8. The lowest BCUT2D eigenvalue weighted by atomic mass is 9.70. The van der Waals surface area contributed by atoms with E-state index >= 15 is 0 Å². The summed E-state index contributed by atoms with van der Waals surface area (Å²) in [5.41, 5.74) is 3.96. The van der Waals surface area contributed by atoms with Crippen molar-refractivity contribution in [2.24, 2.45) is 17.8 Å². The first kappa shape index (κ1) is 30.9. The number of hydrogen-bond acceptors (Lipinski definition) is 5. The zero-order valence-electron chi connectivity index (χ0n) is 25.7. The predicted molar refractivity (Wildman–Crippen MR) is 165 cm³/mol. The Morgan fingerprint density at radius 1 is 0.976 bits per heavy atom. The highest BCUT2D eigenvalue weighted by atomic mass is 16.6. The van der Waals surface area contributed by atoms with E-state index < -0.39 is 17.6 Å². The number of allylic oxidation sites excluding steroid dienone is 2. The monoisotopic (exact) mass is 559 g/mol. The molecule has 0 aliphatic heterocycles. The van der Waals surface area contributed by atoms with Gasteiger partial charge in [-0.05, 0) is 95.1 Å². The number of rotatable bonds is 10. The van der Waals surface area contributed by atoms with Gasteiger partial charge in [0.25, 0.3) is 0 Å². The number of carbonyl (C=O) groups is 2. The van der Waals surface area contributed by atoms with Crippen molar-refractivity contribution in [3.05, 3.63) is 53.9 Å². The van der Waals surface area contributed by atoms with Gasteiger partial charge in [0.05, 0.1) is 0 Å². The minimum Gasteiger partial charge on any atom is -0.458 e. The molecule has 2 aliphatic carbocycles. The standard InChI is InChI=1S/C35H49N3O3/c1-6-7-25-8-13-27(14-9-25)28-17-19-29(20-18-28)31-22-36-33(37-23-31)30-15-10-26(11-16-30)12-21-32(39)38-24(2)34(40)41-35(3,4)5/h10-11,15-16,19,22-25,27-28H,6-9,12-14,17-18,20-21H2,1-5H3,(H,38,39). The van der Waals surface area contributed by atoms with Gasteiger partial charge in [-0.1, -0.05) is 62.9 Å². The molecule has 1 aromatic carbocycles. The molecule has 0 radical (unpaired) electrons. The third-order valence-corrected chi connectivity index (χ3v) is 8.72. The second kappa shape index (κ2) is 14.2. The molecule has 0 bridgehead atoms. The molecule has 0 spiro atoms. The van der Waals surface area contributed by atoms with E-state index in [-0.39, 0.29) is 5.91 Å². The smallest absolute Gasteiger partial charge is 0.328 e. The maximum absolute atomic E-state index is 12.3. The van der Waals surface area contributed by atoms with Crippen molar-refractivity contribution in [3.8, 4) is 11.4 Å². The van der Waals surface area contributed by atoms with Crippen LogP contribution in [0.4, 0.5) is 0 Å². The summed E-state index contributed by atoms with van der Waals surface area (Å²) >= 11 is 0. The zero-order chi connectivity index (χ0) is 29.4. The molecule has 1 aromatic heterocycles. The van der Waals surface area contributed by atoms with Crippen LogP contribution < -0.4 is 5.32 Å². The molecule has 1 fully saturated rings. The SMILES string of the molecule is CCCC1CCC(C2CC=C(c3cnc(-c4ccc(CCC(=O)NC(C)C(=O)OC(C)(C)C)cc4)nc3)CC2)CC1. The van der Waals surface area contributed by atoms with Gasteiger partial charge in [-0.15, -0.1) is 0 Å². The van der Waals surface area contributed by atoms with E-state index in [4.69, 9.17) is 4.74 Å². The lowest BCUT2D eigenvalue weighted by molar-refractivity contribution is -0.158. The van der Waals surface area contributed by atoms with Crippen molar-refractivity contribution in [1.29, 1.82) is 0 Å². The molecule has 4 rings (SSSR count). The molecule has 1 N–H and O–H groups in total. The summed E-state index contributed by atoms with van der Waals surface area (Å²) < 4.78 is 5.33. The summed E-state index contributed by atoms with van der Waals surface area (Å²) in [6.07, 6.45) is 19.3. The maximum atomic E-state index is 12.3. The van der Waals surface area contributed by atoms with Crippen LogP contribution in [-0.4, -0.2) is 33.5 Å². The molecule has 1 heterocycles. The van der Waals surface area contributed by atoms with Gasteiger partial charge < -0.3 is 10.1 Å². The van der Waals surface area contributed by atoms with Gasteiger partial charge in [-0.2, -0.15) is 0 Å². The first-order valence-electron chi connectivity index (χ1n) is 15.7. The van der Waals surface area contributed by atoms with Crippen LogP contribution >= 0.6 is 0 Å². The average Bonchev–Trinajstić information content (AvgIpc) is 2.96. The Hall–Kier alpha value is -3.02. The van der Waals surface area contributed by atoms with Crippen LogP contribution in [0.15, 0.2) is 42.7 Å². The highest BCUT2D eigenvalue weighted by molar-refractivity contribution is 5.84. The molecule has 1 saturated carbocycles. The van der Waals surface area contributed by atoms with Crippen LogP contribution in [0.2, 0.25) is 0 Å². The van der Waals surface area contributed by atoms with E-state index in [1.807, 2.05) is 57.4 Å². The zero-order valence-corrected chi connectivity index (χ0v) is 25.7. The Morgan fingerprint density at radius 3 is 2.24 bits per heavy atom. The number of aryl methyl sites for hydroxylation is 1. The van der Waals surface area contributed by atoms with Gasteiger partial charge in [0.1, 0.15) is 11.6 Å². The van der Waals surface area contributed by atoms with Crippen molar-refractivity contribution in [2.45, 2.75) is 117 Å². The Morgan fingerprint density at radius 2 is 1.66 bits per heavy atom. The van der Waals surface area contributed by atoms with E-state index in [1.165, 1.54) is 56.9 Å². The number of amides is 1. The fourth-order valence-electron chi connectivity index (χ4n) is 6.39. The van der Waals surface area contributed by atoms with E-state index in [1.54, 1.807) is 6.92 Å². The van der Waals surface area contributed by atoms with Crippen LogP contribution in [0.5, 0.6) is 0 Å². The average molecular weight is 560 g/mol. The minimum absolute atomic E-state index is 0.172. The van der Waals surface area contributed by atoms with E-state index in [9.17, 15) is 9.59 Å². The minimum atomic E-state index is -0.676. The van der Waals surface area contributed by atoms with Crippen LogP contribution in [0.3, 0.4) is 0 Å². The van der Waals surface area contributed by atoms with Crippen molar-refractivity contribution >= 4 is 17.4 Å². The lowest BCUT2D eigenvalue weighted by Crippen LogP contribution is -2.42. The Kier molecular flexibility index (Phi) is 10.7. The summed E-state index contributed by atoms with van der Waals surface area (Å²) in [5.74, 6) is 2.85. The number of ether oxygens (including phenoxy) is 1. The van der Waals surface area contributed by atoms with E-state index in [0.29, 0.717) is 18.7 Å². The second-order valence-electron chi connectivity index (χ2n) is 13.1. The quantitative estimate of drug-likeness (QED) is 0.302. The Bertz CT molecular complexity index is 1170. The molecule has 222 valence electrons. The summed E-state index contributed by atoms with van der Waals surface area (Å²) in [7, 11) is 0. The van der Waals surface area contributed by atoms with Gasteiger partial charge >= 0.3 is 5.97 Å². The Balaban J connectivity index is 1.24. The third kappa shape index (κ3) is 9.24. The number of esters is 1. The first-order valence-corrected chi connectivity index (χ1v) is 15.7. The molecule has 2 aliphatic rings. The fraction of sp³-hybridized carbons (Fsp3) is 0.600. The molecule has 6 heteroatoms. The molecular formula is C35H49N3O3. The summed E-state index contributed by atoms with van der Waals surface area (Å²) in [5, 5.41) is 2.73. The highest BCUT2D eigenvalue weighted by Crippen LogP contribution is 2.42. The highest BCUT2D eigenvalue weighted by Gasteiger charge is 2.28. The maximum Gasteiger partial charge on any atom is 0.328 e. The number of benzene rings is 1. The fourth-order valence-corrected chi connectivity index (χ4v) is 6.39. The molecule has 2 unspecified atom stereocenters. The molecular weight excluding hydrogens is 510 g/mol. The van der Waals surface area contributed by atoms with Crippen molar-refractivity contribution in [2.75, 3.05) is 0 Å². The van der Waals surface area contributed by atoms with Crippen LogP contribution in [0.1, 0.15) is 110 Å². The number of hydrogen-bond donors (Lipinski definition) is 1. The molecule has 6 nitrogen and oxygen atoms in total. The largest absolute Gasteiger partial charge is 0.458 e. The first-order chi connectivity index (χ1) is 19.6. The number of aromatic nitrogens is 2. The molecule has 1 amide bonds. The van der Waals surface area contributed by atoms with Crippen molar-refractivity contribution < 1.29 is 14.3 Å². The normalized spacial score (nSPS) is 22.0. The molecule has 0 saturated heterocycles. The third-order valence-electron chi connectivity index (χ3n) is 8.72. The van der Waals surface area contributed by atoms with Crippen molar-refractivity contribution in [1.82, 2.24) is 15.3 Å². The number of nitrogens with zero attached hydrogens (tertiary/aromatic N) is 2. The van der Waals surface area contributed by atoms with Gasteiger partial charge in [0.2, 0.25) is 5.91 Å². The van der Waals surface area contributed by atoms with Crippen LogP contribution in [-0.2, 0) is 20.7 Å². The van der Waals surface area contributed by atoms with Gasteiger partial charge in [0, 0.05) is 29.9 Å². The van der Waals surface area contributed by atoms with Gasteiger partial charge in [0.15, 0.2) is 5.82 Å². The summed E-state index contributed by atoms with van der Waals surface area (Å²) in [6.45, 7) is 9.39. The predicted octanol–water partition coefficient (Wildman–Crippen LogP) is 7.71. The van der Waals surface area contributed by atoms with Gasteiger partial charge in [-0.25, -0.2) is 14.8 Å². The van der Waals surface area contributed by atoms with E-state index in [2.05, 4.69) is 28.3 Å². The number of carbonyl (C=O) groups excluding carboxylic acids is 2. The van der Waals surface area contributed by atoms with Gasteiger partial charge in [-0.3, -0.25) is 4.79 Å². The number of nitrogens with one attached hydrogen (secondary N) is 1. The second-order valence-corrected chi connectivity index (χ2v) is 13.1. The van der Waals surface area contributed by atoms with Crippen LogP contribution in [0, 0.1) is 17.8 Å². The molecule has 2 aromatic rings. The molecule has 41 heavy (non-hydrogen) atoms.